The van der Waals surface area contributed by atoms with E-state index in [4.69, 9.17) is 5.73 Å². The summed E-state index contributed by atoms with van der Waals surface area (Å²) in [5, 5.41) is 9.84. The minimum atomic E-state index is -0.900. The molecule has 3 heterocycles. The standard InChI is InChI=1S/C16H23N5O3/c1-19(2)15(24)21-8-12-7-20(9-16(12,10-21)14(22)23)6-11-4-3-5-18-13(11)17/h3-5,12H,6-10H2,1-2H3,(H2,17,18)(H,22,23)/t12-,16-/m0/s1. The predicted octanol–water partition coefficient (Wildman–Crippen LogP) is 0.164. The van der Waals surface area contributed by atoms with Crippen molar-refractivity contribution in [2.75, 3.05) is 46.0 Å². The molecule has 3 rings (SSSR count). The van der Waals surface area contributed by atoms with Crippen molar-refractivity contribution in [3.8, 4) is 0 Å². The highest BCUT2D eigenvalue weighted by Gasteiger charge is 2.58. The van der Waals surface area contributed by atoms with Crippen molar-refractivity contribution in [2.24, 2.45) is 11.3 Å². The highest BCUT2D eigenvalue weighted by molar-refractivity contribution is 5.80. The van der Waals surface area contributed by atoms with E-state index < -0.39 is 11.4 Å². The van der Waals surface area contributed by atoms with Crippen LogP contribution in [0.5, 0.6) is 0 Å². The van der Waals surface area contributed by atoms with Gasteiger partial charge in [0, 0.05) is 64.5 Å². The zero-order valence-corrected chi connectivity index (χ0v) is 14.0. The Labute approximate surface area is 140 Å². The maximum absolute atomic E-state index is 12.2. The quantitative estimate of drug-likeness (QED) is 0.817. The van der Waals surface area contributed by atoms with E-state index in [2.05, 4.69) is 9.88 Å². The third-order valence-corrected chi connectivity index (χ3v) is 5.08. The first-order chi connectivity index (χ1) is 11.3. The number of pyridine rings is 1. The van der Waals surface area contributed by atoms with Crippen molar-refractivity contribution in [3.05, 3.63) is 23.9 Å². The van der Waals surface area contributed by atoms with E-state index in [-0.39, 0.29) is 18.5 Å². The number of hydrogen-bond acceptors (Lipinski definition) is 5. The second-order valence-electron chi connectivity index (χ2n) is 6.93. The molecule has 8 heteroatoms. The van der Waals surface area contributed by atoms with Gasteiger partial charge in [-0.25, -0.2) is 9.78 Å². The molecule has 2 aliphatic heterocycles. The number of urea groups is 1. The van der Waals surface area contributed by atoms with Gasteiger partial charge in [-0.05, 0) is 6.07 Å². The Morgan fingerprint density at radius 3 is 2.75 bits per heavy atom. The van der Waals surface area contributed by atoms with Gasteiger partial charge in [0.05, 0.1) is 0 Å². The van der Waals surface area contributed by atoms with E-state index in [0.717, 1.165) is 5.56 Å². The number of carbonyl (C=O) groups excluding carboxylic acids is 1. The van der Waals surface area contributed by atoms with Crippen LogP contribution in [0.1, 0.15) is 5.56 Å². The van der Waals surface area contributed by atoms with Gasteiger partial charge >= 0.3 is 12.0 Å². The summed E-state index contributed by atoms with van der Waals surface area (Å²) in [6, 6.07) is 3.60. The van der Waals surface area contributed by atoms with Gasteiger partial charge < -0.3 is 20.6 Å². The van der Waals surface area contributed by atoms with Gasteiger partial charge in [0.25, 0.3) is 0 Å². The van der Waals surface area contributed by atoms with Crippen LogP contribution >= 0.6 is 0 Å². The molecule has 1 aromatic rings. The maximum Gasteiger partial charge on any atom is 0.319 e. The molecule has 2 saturated heterocycles. The summed E-state index contributed by atoms with van der Waals surface area (Å²) in [6.07, 6.45) is 1.64. The molecule has 2 amide bonds. The number of carbonyl (C=O) groups is 2. The van der Waals surface area contributed by atoms with Gasteiger partial charge in [-0.15, -0.1) is 0 Å². The van der Waals surface area contributed by atoms with E-state index in [1.54, 1.807) is 25.2 Å². The molecular formula is C16H23N5O3. The Morgan fingerprint density at radius 2 is 2.17 bits per heavy atom. The molecule has 0 saturated carbocycles. The lowest BCUT2D eigenvalue weighted by Gasteiger charge is -2.27. The third kappa shape index (κ3) is 2.66. The SMILES string of the molecule is CN(C)C(=O)N1C[C@@H]2CN(Cc3cccnc3N)C[C@]2(C(=O)O)C1. The van der Waals surface area contributed by atoms with Crippen LogP contribution in [0.2, 0.25) is 0 Å². The molecule has 24 heavy (non-hydrogen) atoms. The average molecular weight is 333 g/mol. The normalized spacial score (nSPS) is 26.4. The van der Waals surface area contributed by atoms with Crippen LogP contribution in [0.4, 0.5) is 10.6 Å². The first-order valence-corrected chi connectivity index (χ1v) is 7.95. The van der Waals surface area contributed by atoms with Crippen LogP contribution in [-0.2, 0) is 11.3 Å². The van der Waals surface area contributed by atoms with Crippen LogP contribution in [-0.4, -0.2) is 77.1 Å². The molecule has 1 aromatic heterocycles. The first kappa shape index (κ1) is 16.5. The molecule has 2 aliphatic rings. The number of anilines is 1. The number of fused-ring (bicyclic) bond motifs is 1. The minimum Gasteiger partial charge on any atom is -0.481 e. The summed E-state index contributed by atoms with van der Waals surface area (Å²) in [5.41, 5.74) is 5.89. The smallest absolute Gasteiger partial charge is 0.319 e. The van der Waals surface area contributed by atoms with Gasteiger partial charge in [0.15, 0.2) is 0 Å². The molecule has 0 spiro atoms. The van der Waals surface area contributed by atoms with Crippen LogP contribution in [0.15, 0.2) is 18.3 Å². The van der Waals surface area contributed by atoms with Crippen molar-refractivity contribution >= 4 is 17.8 Å². The molecule has 3 N–H and O–H groups in total. The summed E-state index contributed by atoms with van der Waals surface area (Å²) in [7, 11) is 3.36. The van der Waals surface area contributed by atoms with E-state index >= 15 is 0 Å². The summed E-state index contributed by atoms with van der Waals surface area (Å²) in [5.74, 6) is -0.427. The fourth-order valence-corrected chi connectivity index (χ4v) is 3.85. The molecule has 0 radical (unpaired) electrons. The number of carboxylic acids is 1. The fourth-order valence-electron chi connectivity index (χ4n) is 3.85. The zero-order valence-electron chi connectivity index (χ0n) is 14.0. The lowest BCUT2D eigenvalue weighted by atomic mass is 9.81. The highest BCUT2D eigenvalue weighted by Crippen LogP contribution is 2.43. The number of likely N-dealkylation sites (tertiary alicyclic amines) is 2. The molecule has 130 valence electrons. The number of nitrogens with two attached hydrogens (primary N) is 1. The molecule has 0 aliphatic carbocycles. The number of aromatic nitrogens is 1. The van der Waals surface area contributed by atoms with Crippen molar-refractivity contribution in [3.63, 3.8) is 0 Å². The van der Waals surface area contributed by atoms with Gasteiger partial charge in [-0.2, -0.15) is 0 Å². The lowest BCUT2D eigenvalue weighted by Crippen LogP contribution is -2.44. The average Bonchev–Trinajstić information content (AvgIpc) is 3.03. The van der Waals surface area contributed by atoms with E-state index in [0.29, 0.717) is 32.0 Å². The van der Waals surface area contributed by atoms with Crippen LogP contribution in [0, 0.1) is 11.3 Å². The van der Waals surface area contributed by atoms with Crippen molar-refractivity contribution < 1.29 is 14.7 Å². The van der Waals surface area contributed by atoms with Gasteiger partial charge in [-0.3, -0.25) is 9.69 Å². The number of amides is 2. The maximum atomic E-state index is 12.2. The van der Waals surface area contributed by atoms with Crippen molar-refractivity contribution in [1.82, 2.24) is 19.7 Å². The Hall–Kier alpha value is -2.35. The molecule has 2 fully saturated rings. The molecular weight excluding hydrogens is 310 g/mol. The van der Waals surface area contributed by atoms with Crippen LogP contribution in [0.3, 0.4) is 0 Å². The molecule has 0 bridgehead atoms. The number of carboxylic acid groups (broad SMARTS) is 1. The van der Waals surface area contributed by atoms with E-state index in [9.17, 15) is 14.7 Å². The number of nitrogens with zero attached hydrogens (tertiary/aromatic N) is 4. The van der Waals surface area contributed by atoms with Gasteiger partial charge in [-0.1, -0.05) is 6.07 Å². The van der Waals surface area contributed by atoms with Gasteiger partial charge in [0.2, 0.25) is 0 Å². The third-order valence-electron chi connectivity index (χ3n) is 5.08. The largest absolute Gasteiger partial charge is 0.481 e. The Kier molecular flexibility index (Phi) is 4.08. The molecule has 0 unspecified atom stereocenters. The number of rotatable bonds is 3. The van der Waals surface area contributed by atoms with E-state index in [1.165, 1.54) is 4.90 Å². The van der Waals surface area contributed by atoms with Gasteiger partial charge in [0.1, 0.15) is 11.2 Å². The second kappa shape index (κ2) is 5.94. The zero-order chi connectivity index (χ0) is 17.5. The summed E-state index contributed by atoms with van der Waals surface area (Å²) >= 11 is 0. The van der Waals surface area contributed by atoms with Crippen LogP contribution in [0.25, 0.3) is 0 Å². The Balaban J connectivity index is 1.76. The number of nitrogen functional groups attached to an aromatic ring is 1. The number of aliphatic carboxylic acids is 1. The molecule has 2 atom stereocenters. The summed E-state index contributed by atoms with van der Waals surface area (Å²) < 4.78 is 0. The molecule has 0 aromatic carbocycles. The Morgan fingerprint density at radius 1 is 1.42 bits per heavy atom. The minimum absolute atomic E-state index is 0.0724. The van der Waals surface area contributed by atoms with Crippen LogP contribution < -0.4 is 5.73 Å². The summed E-state index contributed by atoms with van der Waals surface area (Å²) in [4.78, 5) is 33.5. The monoisotopic (exact) mass is 333 g/mol. The second-order valence-corrected chi connectivity index (χ2v) is 6.93. The molecule has 8 nitrogen and oxygen atoms in total. The van der Waals surface area contributed by atoms with Crippen molar-refractivity contribution in [1.29, 1.82) is 0 Å². The first-order valence-electron chi connectivity index (χ1n) is 7.95. The topological polar surface area (TPSA) is 103 Å². The van der Waals surface area contributed by atoms with Crippen molar-refractivity contribution in [2.45, 2.75) is 6.54 Å². The fraction of sp³-hybridized carbons (Fsp3) is 0.562. The Bertz CT molecular complexity index is 665. The number of hydrogen-bond donors (Lipinski definition) is 2. The van der Waals surface area contributed by atoms with E-state index in [1.807, 2.05) is 12.1 Å². The highest BCUT2D eigenvalue weighted by atomic mass is 16.4. The lowest BCUT2D eigenvalue weighted by molar-refractivity contribution is -0.148. The summed E-state index contributed by atoms with van der Waals surface area (Å²) in [6.45, 7) is 2.36. The predicted molar refractivity (Wildman–Crippen MR) is 88.1 cm³/mol.